The number of para-hydroxylation sites is 1. The lowest BCUT2D eigenvalue weighted by molar-refractivity contribution is -0.137. The van der Waals surface area contributed by atoms with E-state index in [1.165, 1.54) is 12.1 Å². The highest BCUT2D eigenvalue weighted by atomic mass is 35.5. The SMILES string of the molecule is O=C(O)C[C@@H](NC(=O)c1cccc2cn[nH]c12)c1ccc(Cl)c(F)c1. The summed E-state index contributed by atoms with van der Waals surface area (Å²) in [4.78, 5) is 23.7. The lowest BCUT2D eigenvalue weighted by Gasteiger charge is -2.18. The molecule has 0 saturated heterocycles. The molecule has 0 bridgehead atoms. The summed E-state index contributed by atoms with van der Waals surface area (Å²) in [5, 5.41) is 19.0. The standard InChI is InChI=1S/C17H13ClFN3O3/c18-12-5-4-9(6-13(12)19)14(7-15(23)24)21-17(25)11-3-1-2-10-8-20-22-16(10)11/h1-6,8,14H,7H2,(H,20,22)(H,21,25)(H,23,24)/t14-/m1/s1. The Balaban J connectivity index is 1.92. The van der Waals surface area contributed by atoms with Gasteiger partial charge < -0.3 is 10.4 Å². The molecule has 0 saturated carbocycles. The molecule has 25 heavy (non-hydrogen) atoms. The molecule has 1 amide bonds. The molecule has 128 valence electrons. The van der Waals surface area contributed by atoms with Gasteiger partial charge in [-0.1, -0.05) is 29.8 Å². The third-order valence-corrected chi connectivity index (χ3v) is 4.06. The molecule has 0 unspecified atom stereocenters. The Bertz CT molecular complexity index is 957. The molecule has 1 atom stereocenters. The molecule has 8 heteroatoms. The summed E-state index contributed by atoms with van der Waals surface area (Å²) in [5.41, 5.74) is 1.17. The van der Waals surface area contributed by atoms with E-state index in [1.807, 2.05) is 0 Å². The van der Waals surface area contributed by atoms with Crippen LogP contribution in [0.15, 0.2) is 42.6 Å². The average molecular weight is 362 g/mol. The monoisotopic (exact) mass is 361 g/mol. The molecule has 6 nitrogen and oxygen atoms in total. The van der Waals surface area contributed by atoms with Crippen LogP contribution in [0.1, 0.15) is 28.4 Å². The number of halogens is 2. The molecule has 0 aliphatic rings. The van der Waals surface area contributed by atoms with E-state index in [0.717, 1.165) is 11.5 Å². The first-order valence-corrected chi connectivity index (χ1v) is 7.73. The molecular formula is C17H13ClFN3O3. The van der Waals surface area contributed by atoms with Gasteiger partial charge in [0.05, 0.1) is 34.8 Å². The van der Waals surface area contributed by atoms with Gasteiger partial charge in [0.1, 0.15) is 5.82 Å². The Morgan fingerprint density at radius 2 is 2.12 bits per heavy atom. The van der Waals surface area contributed by atoms with Crippen LogP contribution in [0.5, 0.6) is 0 Å². The second-order valence-corrected chi connectivity index (χ2v) is 5.84. The van der Waals surface area contributed by atoms with E-state index >= 15 is 0 Å². The Kier molecular flexibility index (Phi) is 4.67. The summed E-state index contributed by atoms with van der Waals surface area (Å²) in [6, 6.07) is 8.09. The number of carbonyl (C=O) groups excluding carboxylic acids is 1. The number of hydrogen-bond donors (Lipinski definition) is 3. The van der Waals surface area contributed by atoms with Crippen LogP contribution in [-0.4, -0.2) is 27.2 Å². The van der Waals surface area contributed by atoms with Gasteiger partial charge in [-0.05, 0) is 23.8 Å². The van der Waals surface area contributed by atoms with E-state index in [1.54, 1.807) is 24.4 Å². The Morgan fingerprint density at radius 1 is 1.32 bits per heavy atom. The van der Waals surface area contributed by atoms with Crippen LogP contribution in [-0.2, 0) is 4.79 Å². The van der Waals surface area contributed by atoms with Crippen molar-refractivity contribution in [1.82, 2.24) is 15.5 Å². The zero-order valence-corrected chi connectivity index (χ0v) is 13.5. The van der Waals surface area contributed by atoms with Crippen LogP contribution in [0.25, 0.3) is 10.9 Å². The van der Waals surface area contributed by atoms with Crippen LogP contribution in [0.2, 0.25) is 5.02 Å². The maximum Gasteiger partial charge on any atom is 0.305 e. The number of aromatic amines is 1. The number of benzene rings is 2. The van der Waals surface area contributed by atoms with Gasteiger partial charge in [-0.3, -0.25) is 14.7 Å². The Morgan fingerprint density at radius 3 is 2.84 bits per heavy atom. The van der Waals surface area contributed by atoms with Gasteiger partial charge in [-0.15, -0.1) is 0 Å². The minimum Gasteiger partial charge on any atom is -0.481 e. The number of H-pyrrole nitrogens is 1. The number of fused-ring (bicyclic) bond motifs is 1. The average Bonchev–Trinajstić information content (AvgIpc) is 3.04. The smallest absolute Gasteiger partial charge is 0.305 e. The number of hydrogen-bond acceptors (Lipinski definition) is 3. The van der Waals surface area contributed by atoms with Crippen molar-refractivity contribution in [2.45, 2.75) is 12.5 Å². The van der Waals surface area contributed by atoms with Crippen molar-refractivity contribution in [2.24, 2.45) is 0 Å². The van der Waals surface area contributed by atoms with Crippen LogP contribution in [0.3, 0.4) is 0 Å². The fraction of sp³-hybridized carbons (Fsp3) is 0.118. The molecule has 0 fully saturated rings. The Labute approximate surface area is 146 Å². The normalized spacial score (nSPS) is 12.1. The van der Waals surface area contributed by atoms with Crippen LogP contribution < -0.4 is 5.32 Å². The second-order valence-electron chi connectivity index (χ2n) is 5.44. The number of nitrogens with one attached hydrogen (secondary N) is 2. The van der Waals surface area contributed by atoms with Gasteiger partial charge in [0.15, 0.2) is 0 Å². The molecule has 0 aliphatic heterocycles. The van der Waals surface area contributed by atoms with Crippen molar-refractivity contribution in [2.75, 3.05) is 0 Å². The van der Waals surface area contributed by atoms with Crippen molar-refractivity contribution in [1.29, 1.82) is 0 Å². The lowest BCUT2D eigenvalue weighted by atomic mass is 10.0. The molecule has 0 aliphatic carbocycles. The predicted molar refractivity (Wildman–Crippen MR) is 90.0 cm³/mol. The quantitative estimate of drug-likeness (QED) is 0.649. The van der Waals surface area contributed by atoms with Crippen molar-refractivity contribution >= 4 is 34.4 Å². The summed E-state index contributed by atoms with van der Waals surface area (Å²) in [6.45, 7) is 0. The lowest BCUT2D eigenvalue weighted by Crippen LogP contribution is -2.30. The molecule has 0 radical (unpaired) electrons. The number of amides is 1. The Hall–Kier alpha value is -2.93. The minimum absolute atomic E-state index is 0.0774. The molecule has 3 N–H and O–H groups in total. The van der Waals surface area contributed by atoms with E-state index in [4.69, 9.17) is 16.7 Å². The topological polar surface area (TPSA) is 95.1 Å². The van der Waals surface area contributed by atoms with Gasteiger partial charge in [0.25, 0.3) is 5.91 Å². The van der Waals surface area contributed by atoms with E-state index in [0.29, 0.717) is 16.6 Å². The van der Waals surface area contributed by atoms with E-state index < -0.39 is 30.2 Å². The zero-order valence-electron chi connectivity index (χ0n) is 12.8. The molecule has 0 spiro atoms. The van der Waals surface area contributed by atoms with Crippen molar-refractivity contribution in [3.05, 3.63) is 64.6 Å². The summed E-state index contributed by atoms with van der Waals surface area (Å²) in [6.07, 6.45) is 1.18. The maximum atomic E-state index is 13.7. The maximum absolute atomic E-state index is 13.7. The highest BCUT2D eigenvalue weighted by molar-refractivity contribution is 6.30. The van der Waals surface area contributed by atoms with E-state index in [9.17, 15) is 14.0 Å². The number of aliphatic carboxylic acids is 1. The highest BCUT2D eigenvalue weighted by Gasteiger charge is 2.21. The zero-order chi connectivity index (χ0) is 18.0. The van der Waals surface area contributed by atoms with Crippen molar-refractivity contribution in [3.8, 4) is 0 Å². The fourth-order valence-electron chi connectivity index (χ4n) is 2.55. The van der Waals surface area contributed by atoms with E-state index in [-0.39, 0.29) is 5.02 Å². The van der Waals surface area contributed by atoms with Crippen LogP contribution >= 0.6 is 11.6 Å². The van der Waals surface area contributed by atoms with Gasteiger partial charge in [0.2, 0.25) is 0 Å². The molecular weight excluding hydrogens is 349 g/mol. The van der Waals surface area contributed by atoms with Crippen molar-refractivity contribution < 1.29 is 19.1 Å². The molecule has 3 aromatic rings. The fourth-order valence-corrected chi connectivity index (χ4v) is 2.67. The highest BCUT2D eigenvalue weighted by Crippen LogP contribution is 2.24. The number of nitrogens with zero attached hydrogens (tertiary/aromatic N) is 1. The third kappa shape index (κ3) is 3.61. The van der Waals surface area contributed by atoms with Gasteiger partial charge in [-0.25, -0.2) is 4.39 Å². The predicted octanol–water partition coefficient (Wildman–Crippen LogP) is 3.30. The molecule has 3 rings (SSSR count). The molecule has 1 aromatic heterocycles. The first kappa shape index (κ1) is 16.9. The van der Waals surface area contributed by atoms with Gasteiger partial charge in [0, 0.05) is 5.39 Å². The first-order valence-electron chi connectivity index (χ1n) is 7.35. The summed E-state index contributed by atoms with van der Waals surface area (Å²) in [7, 11) is 0. The number of carbonyl (C=O) groups is 2. The third-order valence-electron chi connectivity index (χ3n) is 3.75. The van der Waals surface area contributed by atoms with Gasteiger partial charge >= 0.3 is 5.97 Å². The number of carboxylic acid groups (broad SMARTS) is 1. The summed E-state index contributed by atoms with van der Waals surface area (Å²) >= 11 is 5.66. The van der Waals surface area contributed by atoms with Crippen LogP contribution in [0.4, 0.5) is 4.39 Å². The van der Waals surface area contributed by atoms with Gasteiger partial charge in [-0.2, -0.15) is 5.10 Å². The number of rotatable bonds is 5. The largest absolute Gasteiger partial charge is 0.481 e. The second kappa shape index (κ2) is 6.90. The first-order chi connectivity index (χ1) is 12.0. The number of aromatic nitrogens is 2. The summed E-state index contributed by atoms with van der Waals surface area (Å²) < 4.78 is 13.7. The summed E-state index contributed by atoms with van der Waals surface area (Å²) in [5.74, 6) is -2.30. The number of carboxylic acids is 1. The van der Waals surface area contributed by atoms with Crippen LogP contribution in [0, 0.1) is 5.82 Å². The minimum atomic E-state index is -1.12. The van der Waals surface area contributed by atoms with E-state index in [2.05, 4.69) is 15.5 Å². The molecule has 2 aromatic carbocycles. The molecule has 1 heterocycles. The van der Waals surface area contributed by atoms with Crippen molar-refractivity contribution in [3.63, 3.8) is 0 Å².